The summed E-state index contributed by atoms with van der Waals surface area (Å²) in [5.74, 6) is -0.404. The number of nitrogens with one attached hydrogen (secondary N) is 1. The van der Waals surface area contributed by atoms with Crippen molar-refractivity contribution in [2.75, 3.05) is 5.73 Å². The third-order valence-corrected chi connectivity index (χ3v) is 3.16. The van der Waals surface area contributed by atoms with Crippen molar-refractivity contribution in [3.8, 4) is 0 Å². The molecule has 94 valence electrons. The molecule has 0 aliphatic rings. The maximum absolute atomic E-state index is 13.1. The molecule has 0 atom stereocenters. The zero-order valence-electron chi connectivity index (χ0n) is 9.11. The first-order valence-corrected chi connectivity index (χ1v) is 5.80. The van der Waals surface area contributed by atoms with Gasteiger partial charge in [0.1, 0.15) is 11.5 Å². The Morgan fingerprint density at radius 3 is 2.83 bits per heavy atom. The van der Waals surface area contributed by atoms with Gasteiger partial charge in [-0.15, -0.1) is 0 Å². The van der Waals surface area contributed by atoms with E-state index in [1.807, 2.05) is 0 Å². The van der Waals surface area contributed by atoms with Crippen LogP contribution in [0.4, 0.5) is 10.1 Å². The van der Waals surface area contributed by atoms with Gasteiger partial charge in [0.05, 0.1) is 6.54 Å². The van der Waals surface area contributed by atoms with Gasteiger partial charge in [0.2, 0.25) is 0 Å². The Labute approximate surface area is 109 Å². The Bertz CT molecular complexity index is 708. The largest absolute Gasteiger partial charge is 0.393 e. The number of nitrogens with two attached hydrogens (primary N) is 1. The number of rotatable bonds is 2. The summed E-state index contributed by atoms with van der Waals surface area (Å²) in [5, 5.41) is 0. The zero-order valence-corrected chi connectivity index (χ0v) is 10.7. The molecule has 18 heavy (non-hydrogen) atoms. The van der Waals surface area contributed by atoms with Crippen LogP contribution >= 0.6 is 15.9 Å². The van der Waals surface area contributed by atoms with Gasteiger partial charge < -0.3 is 5.73 Å². The minimum Gasteiger partial charge on any atom is -0.393 e. The number of nitrogens with zero attached hydrogens (tertiary/aromatic N) is 1. The van der Waals surface area contributed by atoms with Gasteiger partial charge in [-0.3, -0.25) is 14.3 Å². The summed E-state index contributed by atoms with van der Waals surface area (Å²) in [7, 11) is 0. The van der Waals surface area contributed by atoms with Gasteiger partial charge in [-0.05, 0) is 23.8 Å². The lowest BCUT2D eigenvalue weighted by Crippen LogP contribution is -2.31. The lowest BCUT2D eigenvalue weighted by Gasteiger charge is -2.08. The summed E-state index contributed by atoms with van der Waals surface area (Å²) < 4.78 is 15.0. The number of halogens is 2. The van der Waals surface area contributed by atoms with E-state index < -0.39 is 17.1 Å². The zero-order chi connectivity index (χ0) is 13.3. The van der Waals surface area contributed by atoms with Crippen LogP contribution in [-0.4, -0.2) is 9.55 Å². The van der Waals surface area contributed by atoms with E-state index in [-0.39, 0.29) is 12.2 Å². The first-order chi connectivity index (χ1) is 8.47. The highest BCUT2D eigenvalue weighted by atomic mass is 79.9. The van der Waals surface area contributed by atoms with E-state index in [2.05, 4.69) is 20.9 Å². The van der Waals surface area contributed by atoms with Crippen molar-refractivity contribution in [2.24, 2.45) is 0 Å². The van der Waals surface area contributed by atoms with Gasteiger partial charge in [-0.1, -0.05) is 15.9 Å². The van der Waals surface area contributed by atoms with Crippen LogP contribution in [0.5, 0.6) is 0 Å². The molecule has 1 aromatic heterocycles. The van der Waals surface area contributed by atoms with Crippen LogP contribution in [0.15, 0.2) is 38.5 Å². The minimum atomic E-state index is -0.630. The summed E-state index contributed by atoms with van der Waals surface area (Å²) in [6.45, 7) is 0.109. The number of benzene rings is 1. The van der Waals surface area contributed by atoms with Crippen molar-refractivity contribution in [1.82, 2.24) is 9.55 Å². The highest BCUT2D eigenvalue weighted by molar-refractivity contribution is 9.10. The molecule has 5 nitrogen and oxygen atoms in total. The molecular weight excluding hydrogens is 305 g/mol. The molecule has 0 unspecified atom stereocenters. The Balaban J connectivity index is 2.46. The first kappa shape index (κ1) is 12.6. The molecule has 2 rings (SSSR count). The number of nitrogen functional groups attached to an aromatic ring is 1. The number of H-pyrrole nitrogens is 1. The standard InChI is InChI=1S/C11H9BrFN3O2/c12-8-2-1-7(13)3-6(8)4-16-5-9(14)10(17)15-11(16)18/h1-3,5H,4,14H2,(H,15,17,18). The van der Waals surface area contributed by atoms with Crippen molar-refractivity contribution in [1.29, 1.82) is 0 Å². The molecule has 0 bridgehead atoms. The second-order valence-electron chi connectivity index (χ2n) is 3.71. The topological polar surface area (TPSA) is 80.9 Å². The fourth-order valence-electron chi connectivity index (χ4n) is 1.49. The Morgan fingerprint density at radius 2 is 2.11 bits per heavy atom. The molecule has 0 radical (unpaired) electrons. The molecule has 2 aromatic rings. The lowest BCUT2D eigenvalue weighted by atomic mass is 10.2. The molecule has 0 aliphatic heterocycles. The monoisotopic (exact) mass is 313 g/mol. The molecule has 1 aromatic carbocycles. The molecule has 0 aliphatic carbocycles. The minimum absolute atomic E-state index is 0.0675. The van der Waals surface area contributed by atoms with E-state index in [1.165, 1.54) is 22.9 Å². The van der Waals surface area contributed by atoms with Gasteiger partial charge in [-0.25, -0.2) is 9.18 Å². The number of anilines is 1. The van der Waals surface area contributed by atoms with E-state index in [0.717, 1.165) is 0 Å². The summed E-state index contributed by atoms with van der Waals surface area (Å²) in [6.07, 6.45) is 1.23. The highest BCUT2D eigenvalue weighted by Crippen LogP contribution is 2.18. The molecule has 0 saturated heterocycles. The van der Waals surface area contributed by atoms with Crippen LogP contribution in [0.1, 0.15) is 5.56 Å². The molecule has 1 heterocycles. The van der Waals surface area contributed by atoms with E-state index in [1.54, 1.807) is 6.07 Å². The fraction of sp³-hybridized carbons (Fsp3) is 0.0909. The maximum Gasteiger partial charge on any atom is 0.328 e. The fourth-order valence-corrected chi connectivity index (χ4v) is 1.86. The average Bonchev–Trinajstić information content (AvgIpc) is 2.30. The highest BCUT2D eigenvalue weighted by Gasteiger charge is 2.06. The van der Waals surface area contributed by atoms with Crippen molar-refractivity contribution < 1.29 is 4.39 Å². The quantitative estimate of drug-likeness (QED) is 0.870. The summed E-state index contributed by atoms with van der Waals surface area (Å²) in [5.41, 5.74) is 4.70. The van der Waals surface area contributed by atoms with Crippen LogP contribution in [-0.2, 0) is 6.54 Å². The molecule has 0 amide bonds. The third kappa shape index (κ3) is 2.51. The van der Waals surface area contributed by atoms with Crippen LogP contribution in [0.2, 0.25) is 0 Å². The van der Waals surface area contributed by atoms with Gasteiger partial charge in [0, 0.05) is 10.7 Å². The Kier molecular flexibility index (Phi) is 3.33. The van der Waals surface area contributed by atoms with Crippen molar-refractivity contribution in [3.63, 3.8) is 0 Å². The smallest absolute Gasteiger partial charge is 0.328 e. The number of hydrogen-bond donors (Lipinski definition) is 2. The molecule has 7 heteroatoms. The lowest BCUT2D eigenvalue weighted by molar-refractivity contribution is 0.621. The predicted molar refractivity (Wildman–Crippen MR) is 68.9 cm³/mol. The van der Waals surface area contributed by atoms with Gasteiger partial charge >= 0.3 is 5.69 Å². The van der Waals surface area contributed by atoms with Gasteiger partial charge in [0.15, 0.2) is 0 Å². The van der Waals surface area contributed by atoms with Crippen molar-refractivity contribution in [2.45, 2.75) is 6.54 Å². The third-order valence-electron chi connectivity index (χ3n) is 2.39. The molecule has 0 fully saturated rings. The van der Waals surface area contributed by atoms with Crippen LogP contribution in [0, 0.1) is 5.82 Å². The summed E-state index contributed by atoms with van der Waals surface area (Å²) in [4.78, 5) is 24.7. The number of aromatic nitrogens is 2. The molecular formula is C11H9BrFN3O2. The SMILES string of the molecule is Nc1cn(Cc2cc(F)ccc2Br)c(=O)[nH]c1=O. The van der Waals surface area contributed by atoms with Crippen LogP contribution < -0.4 is 17.0 Å². The normalized spacial score (nSPS) is 10.6. The van der Waals surface area contributed by atoms with Crippen molar-refractivity contribution in [3.05, 3.63) is 61.1 Å². The number of hydrogen-bond acceptors (Lipinski definition) is 3. The second kappa shape index (κ2) is 4.77. The van der Waals surface area contributed by atoms with E-state index >= 15 is 0 Å². The predicted octanol–water partition coefficient (Wildman–Crippen LogP) is 1.07. The second-order valence-corrected chi connectivity index (χ2v) is 4.56. The summed E-state index contributed by atoms with van der Waals surface area (Å²) in [6, 6.07) is 4.15. The van der Waals surface area contributed by atoms with E-state index in [4.69, 9.17) is 5.73 Å². The van der Waals surface area contributed by atoms with E-state index in [9.17, 15) is 14.0 Å². The van der Waals surface area contributed by atoms with Gasteiger partial charge in [-0.2, -0.15) is 0 Å². The number of aromatic amines is 1. The first-order valence-electron chi connectivity index (χ1n) is 5.00. The summed E-state index contributed by atoms with van der Waals surface area (Å²) >= 11 is 3.26. The van der Waals surface area contributed by atoms with Crippen LogP contribution in [0.25, 0.3) is 0 Å². The Hall–Kier alpha value is -1.89. The maximum atomic E-state index is 13.1. The Morgan fingerprint density at radius 1 is 1.39 bits per heavy atom. The molecule has 3 N–H and O–H groups in total. The molecule has 0 spiro atoms. The van der Waals surface area contributed by atoms with Crippen molar-refractivity contribution >= 4 is 21.6 Å². The van der Waals surface area contributed by atoms with Gasteiger partial charge in [0.25, 0.3) is 5.56 Å². The van der Waals surface area contributed by atoms with E-state index in [0.29, 0.717) is 10.0 Å². The van der Waals surface area contributed by atoms with Crippen LogP contribution in [0.3, 0.4) is 0 Å². The molecule has 0 saturated carbocycles. The average molecular weight is 314 g/mol.